The highest BCUT2D eigenvalue weighted by Gasteiger charge is 2.39. The number of nitriles is 1. The summed E-state index contributed by atoms with van der Waals surface area (Å²) in [6.07, 6.45) is 1.81. The summed E-state index contributed by atoms with van der Waals surface area (Å²) in [5, 5.41) is 9.08. The van der Waals surface area contributed by atoms with Gasteiger partial charge < -0.3 is 4.74 Å². The first kappa shape index (κ1) is 14.1. The predicted molar refractivity (Wildman–Crippen MR) is 78.7 cm³/mol. The van der Waals surface area contributed by atoms with Crippen molar-refractivity contribution in [2.45, 2.75) is 19.4 Å². The molecule has 2 aliphatic rings. The highest BCUT2D eigenvalue weighted by Crippen LogP contribution is 2.39. The minimum Gasteiger partial charge on any atom is -0.483 e. The second kappa shape index (κ2) is 4.60. The molecule has 0 aromatic heterocycles. The highest BCUT2D eigenvalue weighted by molar-refractivity contribution is 6.06. The Morgan fingerprint density at radius 2 is 2.05 bits per heavy atom. The molecule has 1 fully saturated rings. The summed E-state index contributed by atoms with van der Waals surface area (Å²) in [4.78, 5) is 26.6. The van der Waals surface area contributed by atoms with Crippen LogP contribution in [0.2, 0.25) is 0 Å². The minimum absolute atomic E-state index is 0.00648. The van der Waals surface area contributed by atoms with Crippen molar-refractivity contribution in [1.82, 2.24) is 9.80 Å². The average Bonchev–Trinajstić information content (AvgIpc) is 2.72. The Labute approximate surface area is 128 Å². The standard InChI is InChI=1S/C16H15N3O3/c1-16(2)7-12(19-9-14(20)18(3)15(19)21)11-6-10(8-17)4-5-13(11)22-16/h4-7H,9H2,1-3H3. The van der Waals surface area contributed by atoms with Gasteiger partial charge in [0, 0.05) is 12.6 Å². The quantitative estimate of drug-likeness (QED) is 0.743. The molecular weight excluding hydrogens is 282 g/mol. The van der Waals surface area contributed by atoms with Gasteiger partial charge in [-0.2, -0.15) is 5.26 Å². The van der Waals surface area contributed by atoms with E-state index in [-0.39, 0.29) is 18.5 Å². The fraction of sp³-hybridized carbons (Fsp3) is 0.312. The molecule has 22 heavy (non-hydrogen) atoms. The molecule has 6 nitrogen and oxygen atoms in total. The van der Waals surface area contributed by atoms with E-state index in [4.69, 9.17) is 10.00 Å². The van der Waals surface area contributed by atoms with E-state index < -0.39 is 5.60 Å². The van der Waals surface area contributed by atoms with Crippen molar-refractivity contribution in [3.05, 3.63) is 35.4 Å². The molecule has 0 unspecified atom stereocenters. The van der Waals surface area contributed by atoms with Crippen molar-refractivity contribution >= 4 is 17.6 Å². The van der Waals surface area contributed by atoms with Gasteiger partial charge in [0.05, 0.1) is 17.3 Å². The van der Waals surface area contributed by atoms with Crippen LogP contribution < -0.4 is 4.74 Å². The molecule has 0 radical (unpaired) electrons. The van der Waals surface area contributed by atoms with Crippen molar-refractivity contribution in [2.75, 3.05) is 13.6 Å². The number of urea groups is 1. The SMILES string of the molecule is CN1C(=O)CN(C2=CC(C)(C)Oc3ccc(C#N)cc32)C1=O. The summed E-state index contributed by atoms with van der Waals surface area (Å²) in [7, 11) is 1.46. The molecule has 6 heteroatoms. The lowest BCUT2D eigenvalue weighted by atomic mass is 9.97. The summed E-state index contributed by atoms with van der Waals surface area (Å²) < 4.78 is 5.88. The van der Waals surface area contributed by atoms with Crippen molar-refractivity contribution < 1.29 is 14.3 Å². The highest BCUT2D eigenvalue weighted by atomic mass is 16.5. The third-order valence-corrected chi connectivity index (χ3v) is 3.72. The van der Waals surface area contributed by atoms with Crippen LogP contribution in [0.15, 0.2) is 24.3 Å². The lowest BCUT2D eigenvalue weighted by Crippen LogP contribution is -2.35. The van der Waals surface area contributed by atoms with Crippen LogP contribution >= 0.6 is 0 Å². The van der Waals surface area contributed by atoms with Gasteiger partial charge in [-0.05, 0) is 38.1 Å². The van der Waals surface area contributed by atoms with E-state index in [1.807, 2.05) is 13.8 Å². The van der Waals surface area contributed by atoms with E-state index >= 15 is 0 Å². The zero-order chi connectivity index (χ0) is 16.1. The average molecular weight is 297 g/mol. The summed E-state index contributed by atoms with van der Waals surface area (Å²) >= 11 is 0. The van der Waals surface area contributed by atoms with Gasteiger partial charge in [0.2, 0.25) is 5.91 Å². The maximum atomic E-state index is 12.3. The van der Waals surface area contributed by atoms with Crippen molar-refractivity contribution in [1.29, 1.82) is 5.26 Å². The molecule has 112 valence electrons. The molecule has 0 N–H and O–H groups in total. The molecule has 1 aromatic rings. The maximum absolute atomic E-state index is 12.3. The molecule has 0 saturated carbocycles. The van der Waals surface area contributed by atoms with E-state index in [0.717, 1.165) is 4.90 Å². The molecule has 1 aromatic carbocycles. The number of fused-ring (bicyclic) bond motifs is 1. The Hall–Kier alpha value is -2.81. The van der Waals surface area contributed by atoms with Crippen LogP contribution in [0.3, 0.4) is 0 Å². The fourth-order valence-electron chi connectivity index (χ4n) is 2.62. The number of likely N-dealkylation sites (N-methyl/N-ethyl adjacent to an activating group) is 1. The lowest BCUT2D eigenvalue weighted by molar-refractivity contribution is -0.124. The molecule has 0 aliphatic carbocycles. The summed E-state index contributed by atoms with van der Waals surface area (Å²) in [5.41, 5.74) is 1.11. The predicted octanol–water partition coefficient (Wildman–Crippen LogP) is 1.96. The van der Waals surface area contributed by atoms with Crippen molar-refractivity contribution in [3.8, 4) is 11.8 Å². The van der Waals surface area contributed by atoms with E-state index in [0.29, 0.717) is 22.6 Å². The second-order valence-corrected chi connectivity index (χ2v) is 5.88. The number of benzene rings is 1. The van der Waals surface area contributed by atoms with Crippen LogP contribution in [0.4, 0.5) is 4.79 Å². The van der Waals surface area contributed by atoms with Gasteiger partial charge >= 0.3 is 6.03 Å². The van der Waals surface area contributed by atoms with E-state index in [9.17, 15) is 9.59 Å². The van der Waals surface area contributed by atoms with E-state index in [2.05, 4.69) is 6.07 Å². The van der Waals surface area contributed by atoms with Crippen LogP contribution in [0.1, 0.15) is 25.0 Å². The molecule has 3 rings (SSSR count). The summed E-state index contributed by atoms with van der Waals surface area (Å²) in [6.45, 7) is 3.74. The van der Waals surface area contributed by atoms with Gasteiger partial charge in [0.25, 0.3) is 0 Å². The van der Waals surface area contributed by atoms with E-state index in [1.54, 1.807) is 24.3 Å². The van der Waals surface area contributed by atoms with Crippen LogP contribution in [-0.4, -0.2) is 40.9 Å². The summed E-state index contributed by atoms with van der Waals surface area (Å²) in [6, 6.07) is 6.76. The van der Waals surface area contributed by atoms with Crippen LogP contribution in [0, 0.1) is 11.3 Å². The molecule has 2 aliphatic heterocycles. The first-order valence-corrected chi connectivity index (χ1v) is 6.87. The smallest absolute Gasteiger partial charge is 0.331 e. The number of carbonyl (C=O) groups is 2. The van der Waals surface area contributed by atoms with Gasteiger partial charge in [0.15, 0.2) is 0 Å². The van der Waals surface area contributed by atoms with Crippen molar-refractivity contribution in [3.63, 3.8) is 0 Å². The molecule has 0 spiro atoms. The number of ether oxygens (including phenoxy) is 1. The Kier molecular flexibility index (Phi) is 2.96. The number of carbonyl (C=O) groups excluding carboxylic acids is 2. The zero-order valence-electron chi connectivity index (χ0n) is 12.6. The number of rotatable bonds is 1. The van der Waals surface area contributed by atoms with Gasteiger partial charge in [-0.1, -0.05) is 0 Å². The lowest BCUT2D eigenvalue weighted by Gasteiger charge is -2.33. The van der Waals surface area contributed by atoms with E-state index in [1.165, 1.54) is 11.9 Å². The Bertz CT molecular complexity index is 758. The van der Waals surface area contributed by atoms with Gasteiger partial charge in [-0.15, -0.1) is 0 Å². The second-order valence-electron chi connectivity index (χ2n) is 5.88. The number of imide groups is 1. The Balaban J connectivity index is 2.14. The molecule has 2 heterocycles. The number of nitrogens with zero attached hydrogens (tertiary/aromatic N) is 3. The molecule has 0 atom stereocenters. The first-order valence-electron chi connectivity index (χ1n) is 6.87. The fourth-order valence-corrected chi connectivity index (χ4v) is 2.62. The maximum Gasteiger partial charge on any atom is 0.331 e. The topological polar surface area (TPSA) is 73.6 Å². The third-order valence-electron chi connectivity index (χ3n) is 3.72. The monoisotopic (exact) mass is 297 g/mol. The van der Waals surface area contributed by atoms with Crippen LogP contribution in [0.25, 0.3) is 5.70 Å². The molecule has 3 amide bonds. The molecule has 1 saturated heterocycles. The number of hydrogen-bond acceptors (Lipinski definition) is 4. The molecule has 0 bridgehead atoms. The first-order chi connectivity index (χ1) is 10.3. The van der Waals surface area contributed by atoms with Crippen LogP contribution in [0.5, 0.6) is 5.75 Å². The van der Waals surface area contributed by atoms with Gasteiger partial charge in [0.1, 0.15) is 17.9 Å². The van der Waals surface area contributed by atoms with Gasteiger partial charge in [-0.3, -0.25) is 14.6 Å². The third kappa shape index (κ3) is 2.11. The number of amides is 3. The molecular formula is C16H15N3O3. The van der Waals surface area contributed by atoms with Crippen LogP contribution in [-0.2, 0) is 4.79 Å². The zero-order valence-corrected chi connectivity index (χ0v) is 12.6. The van der Waals surface area contributed by atoms with Crippen molar-refractivity contribution in [2.24, 2.45) is 0 Å². The normalized spacial score (nSPS) is 19.5. The minimum atomic E-state index is -0.610. The summed E-state index contributed by atoms with van der Waals surface area (Å²) in [5.74, 6) is 0.337. The van der Waals surface area contributed by atoms with Gasteiger partial charge in [-0.25, -0.2) is 4.79 Å². The number of hydrogen-bond donors (Lipinski definition) is 0. The largest absolute Gasteiger partial charge is 0.483 e. The Morgan fingerprint density at radius 1 is 1.32 bits per heavy atom. The Morgan fingerprint density at radius 3 is 2.64 bits per heavy atom.